The molecule has 3 rings (SSSR count). The van der Waals surface area contributed by atoms with Crippen molar-refractivity contribution in [3.8, 4) is 17.4 Å². The summed E-state index contributed by atoms with van der Waals surface area (Å²) in [6.45, 7) is 4.52. The Balaban J connectivity index is 1.39. The Kier molecular flexibility index (Phi) is 7.49. The van der Waals surface area contributed by atoms with E-state index in [9.17, 15) is 4.79 Å². The SMILES string of the molecule is COc1ccc(OCC(=O)NCCOc2cc(N3CCCCC3)nc(C)n2)cc1. The highest BCUT2D eigenvalue weighted by atomic mass is 16.5. The fourth-order valence-electron chi connectivity index (χ4n) is 3.10. The van der Waals surface area contributed by atoms with E-state index in [-0.39, 0.29) is 12.5 Å². The Morgan fingerprint density at radius 1 is 1.07 bits per heavy atom. The standard InChI is InChI=1S/C21H28N4O4/c1-16-23-19(25-11-4-3-5-12-25)14-21(24-16)28-13-10-22-20(26)15-29-18-8-6-17(27-2)7-9-18/h6-9,14H,3-5,10-13,15H2,1-2H3,(H,22,26). The number of nitrogens with zero attached hydrogens (tertiary/aromatic N) is 3. The predicted molar refractivity (Wildman–Crippen MR) is 110 cm³/mol. The van der Waals surface area contributed by atoms with Crippen LogP contribution in [-0.2, 0) is 4.79 Å². The largest absolute Gasteiger partial charge is 0.497 e. The summed E-state index contributed by atoms with van der Waals surface area (Å²) >= 11 is 0. The van der Waals surface area contributed by atoms with Crippen molar-refractivity contribution in [2.45, 2.75) is 26.2 Å². The molecule has 0 unspecified atom stereocenters. The molecule has 2 aromatic rings. The lowest BCUT2D eigenvalue weighted by Crippen LogP contribution is -2.32. The van der Waals surface area contributed by atoms with Gasteiger partial charge in [-0.2, -0.15) is 4.98 Å². The first kappa shape index (κ1) is 20.7. The lowest BCUT2D eigenvalue weighted by molar-refractivity contribution is -0.123. The molecule has 1 aromatic carbocycles. The molecule has 2 heterocycles. The molecule has 0 spiro atoms. The summed E-state index contributed by atoms with van der Waals surface area (Å²) in [6.07, 6.45) is 3.64. The van der Waals surface area contributed by atoms with E-state index in [2.05, 4.69) is 20.2 Å². The number of carbonyl (C=O) groups excluding carboxylic acids is 1. The van der Waals surface area contributed by atoms with Gasteiger partial charge in [-0.3, -0.25) is 4.79 Å². The first-order chi connectivity index (χ1) is 14.1. The van der Waals surface area contributed by atoms with E-state index in [1.807, 2.05) is 13.0 Å². The number of hydrogen-bond donors (Lipinski definition) is 1. The maximum absolute atomic E-state index is 11.9. The van der Waals surface area contributed by atoms with E-state index < -0.39 is 0 Å². The first-order valence-electron chi connectivity index (χ1n) is 9.91. The third-order valence-electron chi connectivity index (χ3n) is 4.58. The number of anilines is 1. The normalized spacial score (nSPS) is 13.7. The second kappa shape index (κ2) is 10.5. The summed E-state index contributed by atoms with van der Waals surface area (Å²) in [6, 6.07) is 8.94. The Labute approximate surface area is 171 Å². The third kappa shape index (κ3) is 6.51. The van der Waals surface area contributed by atoms with Gasteiger partial charge in [0.25, 0.3) is 5.91 Å². The number of rotatable bonds is 9. The molecule has 1 fully saturated rings. The Hall–Kier alpha value is -3.03. The van der Waals surface area contributed by atoms with Crippen LogP contribution in [0.4, 0.5) is 5.82 Å². The summed E-state index contributed by atoms with van der Waals surface area (Å²) in [7, 11) is 1.60. The van der Waals surface area contributed by atoms with E-state index in [1.54, 1.807) is 31.4 Å². The molecule has 1 N–H and O–H groups in total. The number of aryl methyl sites for hydroxylation is 1. The minimum Gasteiger partial charge on any atom is -0.497 e. The fraction of sp³-hybridized carbons (Fsp3) is 0.476. The molecule has 1 aromatic heterocycles. The molecule has 1 amide bonds. The van der Waals surface area contributed by atoms with Crippen molar-refractivity contribution < 1.29 is 19.0 Å². The molecule has 0 saturated carbocycles. The van der Waals surface area contributed by atoms with Crippen LogP contribution in [0.2, 0.25) is 0 Å². The molecule has 1 saturated heterocycles. The average molecular weight is 400 g/mol. The zero-order chi connectivity index (χ0) is 20.5. The van der Waals surface area contributed by atoms with Gasteiger partial charge in [-0.15, -0.1) is 0 Å². The number of piperidine rings is 1. The maximum Gasteiger partial charge on any atom is 0.258 e. The summed E-state index contributed by atoms with van der Waals surface area (Å²) < 4.78 is 16.2. The van der Waals surface area contributed by atoms with Crippen LogP contribution in [0, 0.1) is 6.92 Å². The highest BCUT2D eigenvalue weighted by Crippen LogP contribution is 2.21. The van der Waals surface area contributed by atoms with Crippen LogP contribution in [-0.4, -0.2) is 55.8 Å². The van der Waals surface area contributed by atoms with Crippen molar-refractivity contribution in [1.82, 2.24) is 15.3 Å². The lowest BCUT2D eigenvalue weighted by Gasteiger charge is -2.28. The average Bonchev–Trinajstić information content (AvgIpc) is 2.76. The molecular formula is C21H28N4O4. The molecule has 8 heteroatoms. The molecule has 0 atom stereocenters. The number of nitrogens with one attached hydrogen (secondary N) is 1. The van der Waals surface area contributed by atoms with Gasteiger partial charge in [-0.05, 0) is 50.5 Å². The lowest BCUT2D eigenvalue weighted by atomic mass is 10.1. The van der Waals surface area contributed by atoms with Crippen molar-refractivity contribution in [3.63, 3.8) is 0 Å². The molecule has 0 radical (unpaired) electrons. The molecular weight excluding hydrogens is 372 g/mol. The molecule has 1 aliphatic rings. The minimum absolute atomic E-state index is 0.0575. The molecule has 0 bridgehead atoms. The summed E-state index contributed by atoms with van der Waals surface area (Å²) in [5.74, 6) is 3.25. The van der Waals surface area contributed by atoms with Crippen LogP contribution in [0.15, 0.2) is 30.3 Å². The van der Waals surface area contributed by atoms with Crippen LogP contribution >= 0.6 is 0 Å². The van der Waals surface area contributed by atoms with Gasteiger partial charge in [0.2, 0.25) is 5.88 Å². The van der Waals surface area contributed by atoms with Gasteiger partial charge in [0.15, 0.2) is 6.61 Å². The summed E-state index contributed by atoms with van der Waals surface area (Å²) in [4.78, 5) is 23.0. The number of benzene rings is 1. The molecule has 1 aliphatic heterocycles. The minimum atomic E-state index is -0.211. The number of hydrogen-bond acceptors (Lipinski definition) is 7. The topological polar surface area (TPSA) is 85.8 Å². The number of ether oxygens (including phenoxy) is 3. The Bertz CT molecular complexity index is 792. The van der Waals surface area contributed by atoms with E-state index >= 15 is 0 Å². The fourth-order valence-corrected chi connectivity index (χ4v) is 3.10. The Morgan fingerprint density at radius 3 is 2.52 bits per heavy atom. The van der Waals surface area contributed by atoms with Crippen LogP contribution < -0.4 is 24.4 Å². The summed E-state index contributed by atoms with van der Waals surface area (Å²) in [5, 5.41) is 2.77. The van der Waals surface area contributed by atoms with Gasteiger partial charge >= 0.3 is 0 Å². The van der Waals surface area contributed by atoms with Crippen molar-refractivity contribution in [2.75, 3.05) is 44.9 Å². The van der Waals surface area contributed by atoms with Crippen molar-refractivity contribution in [2.24, 2.45) is 0 Å². The molecule has 156 valence electrons. The van der Waals surface area contributed by atoms with Gasteiger partial charge in [0.1, 0.15) is 29.7 Å². The predicted octanol–water partition coefficient (Wildman–Crippen LogP) is 2.36. The van der Waals surface area contributed by atoms with E-state index in [4.69, 9.17) is 14.2 Å². The Morgan fingerprint density at radius 2 is 1.79 bits per heavy atom. The zero-order valence-electron chi connectivity index (χ0n) is 17.0. The van der Waals surface area contributed by atoms with Gasteiger partial charge < -0.3 is 24.4 Å². The molecule has 29 heavy (non-hydrogen) atoms. The number of carbonyl (C=O) groups is 1. The number of aromatic nitrogens is 2. The number of methoxy groups -OCH3 is 1. The number of amides is 1. The van der Waals surface area contributed by atoms with Gasteiger partial charge in [0, 0.05) is 19.2 Å². The van der Waals surface area contributed by atoms with Crippen molar-refractivity contribution >= 4 is 11.7 Å². The second-order valence-electron chi connectivity index (χ2n) is 6.82. The first-order valence-corrected chi connectivity index (χ1v) is 9.91. The summed E-state index contributed by atoms with van der Waals surface area (Å²) in [5.41, 5.74) is 0. The van der Waals surface area contributed by atoms with Gasteiger partial charge in [0.05, 0.1) is 13.7 Å². The van der Waals surface area contributed by atoms with Crippen LogP contribution in [0.5, 0.6) is 17.4 Å². The maximum atomic E-state index is 11.9. The highest BCUT2D eigenvalue weighted by Gasteiger charge is 2.14. The van der Waals surface area contributed by atoms with E-state index in [0.29, 0.717) is 30.6 Å². The smallest absolute Gasteiger partial charge is 0.258 e. The van der Waals surface area contributed by atoms with Crippen LogP contribution in [0.25, 0.3) is 0 Å². The van der Waals surface area contributed by atoms with Gasteiger partial charge in [-0.1, -0.05) is 0 Å². The van der Waals surface area contributed by atoms with Crippen molar-refractivity contribution in [1.29, 1.82) is 0 Å². The molecule has 8 nitrogen and oxygen atoms in total. The van der Waals surface area contributed by atoms with E-state index in [0.717, 1.165) is 24.7 Å². The van der Waals surface area contributed by atoms with Gasteiger partial charge in [-0.25, -0.2) is 4.98 Å². The monoisotopic (exact) mass is 400 g/mol. The third-order valence-corrected chi connectivity index (χ3v) is 4.58. The quantitative estimate of drug-likeness (QED) is 0.647. The van der Waals surface area contributed by atoms with Crippen molar-refractivity contribution in [3.05, 3.63) is 36.2 Å². The zero-order valence-corrected chi connectivity index (χ0v) is 17.0. The van der Waals surface area contributed by atoms with Crippen LogP contribution in [0.3, 0.4) is 0 Å². The highest BCUT2D eigenvalue weighted by molar-refractivity contribution is 5.77. The molecule has 0 aliphatic carbocycles. The van der Waals surface area contributed by atoms with E-state index in [1.165, 1.54) is 19.3 Å². The second-order valence-corrected chi connectivity index (χ2v) is 6.82. The van der Waals surface area contributed by atoms with Crippen LogP contribution in [0.1, 0.15) is 25.1 Å².